The van der Waals surface area contributed by atoms with Crippen molar-refractivity contribution in [3.05, 3.63) is 35.9 Å². The van der Waals surface area contributed by atoms with Gasteiger partial charge in [0.25, 0.3) is 5.91 Å². The molecule has 2 heterocycles. The maximum atomic E-state index is 12.5. The van der Waals surface area contributed by atoms with Crippen molar-refractivity contribution in [3.63, 3.8) is 0 Å². The minimum absolute atomic E-state index is 0.240. The number of anilines is 1. The molecule has 6 nitrogen and oxygen atoms in total. The van der Waals surface area contributed by atoms with Gasteiger partial charge in [0.2, 0.25) is 0 Å². The van der Waals surface area contributed by atoms with Crippen LogP contribution in [0.25, 0.3) is 0 Å². The summed E-state index contributed by atoms with van der Waals surface area (Å²) in [6, 6.07) is 1.40. The van der Waals surface area contributed by atoms with E-state index in [0.29, 0.717) is 0 Å². The van der Waals surface area contributed by atoms with Crippen LogP contribution in [0.15, 0.2) is 24.7 Å². The number of aromatic amines is 1. The molecule has 0 aliphatic rings. The molecule has 18 heavy (non-hydrogen) atoms. The lowest BCUT2D eigenvalue weighted by atomic mass is 10.2. The van der Waals surface area contributed by atoms with E-state index in [4.69, 9.17) is 0 Å². The number of halogens is 3. The third-order valence-electron chi connectivity index (χ3n) is 2.01. The Hall–Kier alpha value is -2.45. The van der Waals surface area contributed by atoms with Crippen LogP contribution in [-0.2, 0) is 6.18 Å². The molecule has 0 aromatic carbocycles. The fourth-order valence-corrected chi connectivity index (χ4v) is 1.24. The summed E-state index contributed by atoms with van der Waals surface area (Å²) in [5.74, 6) is -0.927. The molecule has 2 rings (SSSR count). The zero-order chi connectivity index (χ0) is 13.2. The third kappa shape index (κ3) is 2.44. The summed E-state index contributed by atoms with van der Waals surface area (Å²) in [6.45, 7) is 0. The van der Waals surface area contributed by atoms with Crippen molar-refractivity contribution >= 4 is 11.6 Å². The molecule has 9 heteroatoms. The average molecular weight is 257 g/mol. The minimum atomic E-state index is -4.67. The molecule has 2 aromatic heterocycles. The first-order chi connectivity index (χ1) is 8.48. The van der Waals surface area contributed by atoms with Crippen molar-refractivity contribution in [3.8, 4) is 0 Å². The van der Waals surface area contributed by atoms with Crippen molar-refractivity contribution in [1.82, 2.24) is 20.4 Å². The largest absolute Gasteiger partial charge is 0.433 e. The Morgan fingerprint density at radius 2 is 2.06 bits per heavy atom. The van der Waals surface area contributed by atoms with Crippen LogP contribution in [0.1, 0.15) is 16.1 Å². The summed E-state index contributed by atoms with van der Waals surface area (Å²) in [6.07, 6.45) is -1.34. The van der Waals surface area contributed by atoms with Crippen LogP contribution in [0.3, 0.4) is 0 Å². The van der Waals surface area contributed by atoms with E-state index in [1.54, 1.807) is 5.10 Å². The SMILES string of the molecule is O=C(Nc1ccnnc1)c1cn[nH]c1C(F)(F)F. The number of aromatic nitrogens is 4. The van der Waals surface area contributed by atoms with Gasteiger partial charge < -0.3 is 5.32 Å². The Balaban J connectivity index is 2.23. The number of hydrogen-bond acceptors (Lipinski definition) is 4. The Labute approximate surface area is 98.2 Å². The Morgan fingerprint density at radius 1 is 1.28 bits per heavy atom. The second-order valence-corrected chi connectivity index (χ2v) is 3.24. The van der Waals surface area contributed by atoms with E-state index in [0.717, 1.165) is 6.20 Å². The topological polar surface area (TPSA) is 83.6 Å². The van der Waals surface area contributed by atoms with Crippen LogP contribution in [0, 0.1) is 0 Å². The van der Waals surface area contributed by atoms with Gasteiger partial charge in [0, 0.05) is 0 Å². The molecule has 2 N–H and O–H groups in total. The summed E-state index contributed by atoms with van der Waals surface area (Å²) >= 11 is 0. The summed E-state index contributed by atoms with van der Waals surface area (Å²) in [4.78, 5) is 11.6. The van der Waals surface area contributed by atoms with E-state index in [9.17, 15) is 18.0 Å². The van der Waals surface area contributed by atoms with Crippen LogP contribution in [0.2, 0.25) is 0 Å². The summed E-state index contributed by atoms with van der Waals surface area (Å²) < 4.78 is 37.5. The number of H-pyrrole nitrogens is 1. The van der Waals surface area contributed by atoms with E-state index in [1.807, 2.05) is 0 Å². The van der Waals surface area contributed by atoms with Gasteiger partial charge >= 0.3 is 6.18 Å². The standard InChI is InChI=1S/C9H6F3N5O/c10-9(11,12)7-6(4-15-17-7)8(18)16-5-1-2-13-14-3-5/h1-4H,(H,15,17)(H,13,16,18). The first kappa shape index (κ1) is 12.0. The highest BCUT2D eigenvalue weighted by Gasteiger charge is 2.37. The molecule has 0 bridgehead atoms. The number of nitrogens with one attached hydrogen (secondary N) is 2. The lowest BCUT2D eigenvalue weighted by Crippen LogP contribution is -2.17. The number of carbonyl (C=O) groups is 1. The fourth-order valence-electron chi connectivity index (χ4n) is 1.24. The molecule has 0 spiro atoms. The van der Waals surface area contributed by atoms with E-state index >= 15 is 0 Å². The Kier molecular flexibility index (Phi) is 2.96. The normalized spacial score (nSPS) is 11.3. The molecule has 0 saturated carbocycles. The van der Waals surface area contributed by atoms with Gasteiger partial charge in [-0.25, -0.2) is 0 Å². The van der Waals surface area contributed by atoms with E-state index in [-0.39, 0.29) is 5.69 Å². The van der Waals surface area contributed by atoms with Gasteiger partial charge in [-0.3, -0.25) is 9.89 Å². The predicted octanol–water partition coefficient (Wildman–Crippen LogP) is 1.47. The lowest BCUT2D eigenvalue weighted by molar-refractivity contribution is -0.141. The molecule has 2 aromatic rings. The molecule has 0 saturated heterocycles. The van der Waals surface area contributed by atoms with E-state index < -0.39 is 23.3 Å². The summed E-state index contributed by atoms with van der Waals surface area (Å²) in [5, 5.41) is 14.2. The first-order valence-electron chi connectivity index (χ1n) is 4.67. The molecular weight excluding hydrogens is 251 g/mol. The molecule has 0 aliphatic heterocycles. The number of nitrogens with zero attached hydrogens (tertiary/aromatic N) is 3. The molecule has 0 fully saturated rings. The maximum Gasteiger partial charge on any atom is 0.433 e. The smallest absolute Gasteiger partial charge is 0.320 e. The minimum Gasteiger partial charge on any atom is -0.320 e. The molecule has 0 radical (unpaired) electrons. The zero-order valence-electron chi connectivity index (χ0n) is 8.69. The van der Waals surface area contributed by atoms with Crippen molar-refractivity contribution in [2.75, 3.05) is 5.32 Å². The van der Waals surface area contributed by atoms with Gasteiger partial charge in [-0.05, 0) is 6.07 Å². The number of alkyl halides is 3. The average Bonchev–Trinajstić information content (AvgIpc) is 2.79. The maximum absolute atomic E-state index is 12.5. The van der Waals surface area contributed by atoms with Crippen molar-refractivity contribution in [2.45, 2.75) is 6.18 Å². The highest BCUT2D eigenvalue weighted by Crippen LogP contribution is 2.30. The van der Waals surface area contributed by atoms with Gasteiger partial charge in [0.1, 0.15) is 0 Å². The molecule has 0 atom stereocenters. The molecule has 0 aliphatic carbocycles. The number of hydrogen-bond donors (Lipinski definition) is 2. The van der Waals surface area contributed by atoms with Gasteiger partial charge in [-0.2, -0.15) is 28.5 Å². The van der Waals surface area contributed by atoms with Crippen LogP contribution in [0.5, 0.6) is 0 Å². The number of amides is 1. The van der Waals surface area contributed by atoms with Crippen LogP contribution < -0.4 is 5.32 Å². The van der Waals surface area contributed by atoms with Crippen LogP contribution >= 0.6 is 0 Å². The Morgan fingerprint density at radius 3 is 2.67 bits per heavy atom. The van der Waals surface area contributed by atoms with Crippen molar-refractivity contribution in [2.24, 2.45) is 0 Å². The van der Waals surface area contributed by atoms with E-state index in [1.165, 1.54) is 18.5 Å². The first-order valence-corrected chi connectivity index (χ1v) is 4.67. The highest BCUT2D eigenvalue weighted by molar-refractivity contribution is 6.04. The van der Waals surface area contributed by atoms with Crippen LogP contribution in [-0.4, -0.2) is 26.3 Å². The third-order valence-corrected chi connectivity index (χ3v) is 2.01. The fraction of sp³-hybridized carbons (Fsp3) is 0.111. The lowest BCUT2D eigenvalue weighted by Gasteiger charge is -2.07. The van der Waals surface area contributed by atoms with E-state index in [2.05, 4.69) is 20.6 Å². The molecule has 1 amide bonds. The van der Waals surface area contributed by atoms with Crippen molar-refractivity contribution in [1.29, 1.82) is 0 Å². The van der Waals surface area contributed by atoms with Crippen molar-refractivity contribution < 1.29 is 18.0 Å². The molecule has 94 valence electrons. The number of carbonyl (C=O) groups excluding carboxylic acids is 1. The quantitative estimate of drug-likeness (QED) is 0.853. The molecule has 0 unspecified atom stereocenters. The zero-order valence-corrected chi connectivity index (χ0v) is 8.69. The van der Waals surface area contributed by atoms with Gasteiger partial charge in [0.05, 0.1) is 29.8 Å². The van der Waals surface area contributed by atoms with Crippen LogP contribution in [0.4, 0.5) is 18.9 Å². The molecular formula is C9H6F3N5O. The summed E-state index contributed by atoms with van der Waals surface area (Å²) in [7, 11) is 0. The van der Waals surface area contributed by atoms with Gasteiger partial charge in [-0.15, -0.1) is 0 Å². The van der Waals surface area contributed by atoms with Gasteiger partial charge in [0.15, 0.2) is 5.69 Å². The Bertz CT molecular complexity index is 551. The summed E-state index contributed by atoms with van der Waals surface area (Å²) in [5.41, 5.74) is -1.54. The van der Waals surface area contributed by atoms with Gasteiger partial charge in [-0.1, -0.05) is 0 Å². The predicted molar refractivity (Wildman–Crippen MR) is 53.6 cm³/mol. The monoisotopic (exact) mass is 257 g/mol. The second kappa shape index (κ2) is 4.43. The second-order valence-electron chi connectivity index (χ2n) is 3.24. The number of rotatable bonds is 2. The highest BCUT2D eigenvalue weighted by atomic mass is 19.4.